The Morgan fingerprint density at radius 1 is 1.12 bits per heavy atom. The van der Waals surface area contributed by atoms with E-state index in [-0.39, 0.29) is 0 Å². The third-order valence-corrected chi connectivity index (χ3v) is 4.10. The third kappa shape index (κ3) is 5.06. The number of rotatable bonds is 1. The first-order chi connectivity index (χ1) is 7.83. The molecule has 1 aromatic carbocycles. The van der Waals surface area contributed by atoms with Gasteiger partial charge in [-0.1, -0.05) is 26.2 Å². The van der Waals surface area contributed by atoms with Crippen LogP contribution in [0.5, 0.6) is 0 Å². The molecule has 0 nitrogen and oxygen atoms in total. The van der Waals surface area contributed by atoms with Crippen molar-refractivity contribution in [1.29, 1.82) is 0 Å². The Balaban J connectivity index is 0.000000249. The Morgan fingerprint density at radius 2 is 1.65 bits per heavy atom. The fourth-order valence-corrected chi connectivity index (χ4v) is 3.05. The van der Waals surface area contributed by atoms with Gasteiger partial charge in [-0.15, -0.1) is 0 Å². The first kappa shape index (κ1) is 15.1. The summed E-state index contributed by atoms with van der Waals surface area (Å²) in [5.74, 6) is 0. The second-order valence-electron chi connectivity index (χ2n) is 6.13. The summed E-state index contributed by atoms with van der Waals surface area (Å²) in [7, 11) is -0.611. The second-order valence-corrected chi connectivity index (χ2v) is 13.6. The van der Waals surface area contributed by atoms with Crippen molar-refractivity contribution in [1.82, 2.24) is 0 Å². The molecule has 0 spiro atoms. The molecular weight excluding hydrogens is 299 g/mol. The van der Waals surface area contributed by atoms with Gasteiger partial charge in [0.05, 0.1) is 0 Å². The van der Waals surface area contributed by atoms with Crippen LogP contribution in [0.3, 0.4) is 0 Å². The predicted molar refractivity (Wildman–Crippen MR) is 76.7 cm³/mol. The summed E-state index contributed by atoms with van der Waals surface area (Å²) in [5.41, 5.74) is 4.58. The molecule has 1 aliphatic rings. The summed E-state index contributed by atoms with van der Waals surface area (Å²) >= 11 is 1.62. The molecule has 0 radical (unpaired) electrons. The van der Waals surface area contributed by atoms with E-state index in [9.17, 15) is 0 Å². The maximum atomic E-state index is 2.36. The molecule has 0 heterocycles. The van der Waals surface area contributed by atoms with Crippen LogP contribution in [0, 0.1) is 0 Å². The van der Waals surface area contributed by atoms with Crippen LogP contribution >= 0.6 is 0 Å². The van der Waals surface area contributed by atoms with Gasteiger partial charge in [0.15, 0.2) is 0 Å². The molecule has 91 valence electrons. The van der Waals surface area contributed by atoms with Crippen molar-refractivity contribution in [2.45, 2.75) is 43.2 Å². The molecule has 0 aliphatic heterocycles. The summed E-state index contributed by atoms with van der Waals surface area (Å²) in [6.07, 6.45) is 3.55. The Labute approximate surface area is 122 Å². The van der Waals surface area contributed by atoms with E-state index in [1.807, 2.05) is 0 Å². The van der Waals surface area contributed by atoms with Crippen molar-refractivity contribution in [2.75, 3.05) is 0 Å². The minimum Gasteiger partial charge on any atom is -0.0697 e. The van der Waals surface area contributed by atoms with Crippen LogP contribution in [-0.4, -0.2) is 8.07 Å². The Bertz CT molecular complexity index is 396. The van der Waals surface area contributed by atoms with Crippen molar-refractivity contribution in [3.05, 3.63) is 41.0 Å². The van der Waals surface area contributed by atoms with Gasteiger partial charge in [-0.2, -0.15) is 0 Å². The standard InChI is InChI=1S/C11H11.C4H12Si.Zr/c1-2-9-7-10-5-3-4-6-11(10)8-9;1-5(2,3)4;/h3-8H,2H2,1H3;1-4H3;. The van der Waals surface area contributed by atoms with E-state index in [2.05, 4.69) is 63.5 Å². The smallest absolute Gasteiger partial charge is 0.0411 e. The van der Waals surface area contributed by atoms with Crippen LogP contribution in [-0.2, 0) is 24.7 Å². The summed E-state index contributed by atoms with van der Waals surface area (Å²) in [5, 5.41) is 0. The Morgan fingerprint density at radius 3 is 2.12 bits per heavy atom. The first-order valence-electron chi connectivity index (χ1n) is 6.33. The zero-order valence-electron chi connectivity index (χ0n) is 11.7. The quantitative estimate of drug-likeness (QED) is 0.636. The van der Waals surface area contributed by atoms with Gasteiger partial charge in [0.25, 0.3) is 0 Å². The maximum Gasteiger partial charge on any atom is 0.0411 e. The van der Waals surface area contributed by atoms with E-state index in [1.165, 1.54) is 17.5 Å². The largest absolute Gasteiger partial charge is 0.0697 e. The number of allylic oxidation sites excluding steroid dienone is 1. The topological polar surface area (TPSA) is 0 Å². The molecule has 0 amide bonds. The van der Waals surface area contributed by atoms with Gasteiger partial charge in [0.2, 0.25) is 0 Å². The molecule has 1 unspecified atom stereocenters. The van der Waals surface area contributed by atoms with Crippen LogP contribution in [0.15, 0.2) is 29.8 Å². The van der Waals surface area contributed by atoms with Gasteiger partial charge in [-0.25, -0.2) is 0 Å². The molecule has 0 fully saturated rings. The van der Waals surface area contributed by atoms with E-state index in [1.54, 1.807) is 30.3 Å². The average Bonchev–Trinajstić information content (AvgIpc) is 2.54. The second kappa shape index (κ2) is 6.29. The normalized spacial score (nSPS) is 17.9. The van der Waals surface area contributed by atoms with Crippen LogP contribution in [0.1, 0.15) is 28.1 Å². The molecule has 2 rings (SSSR count). The Hall–Kier alpha value is 0.0600. The summed E-state index contributed by atoms with van der Waals surface area (Å²) in [4.78, 5) is 0. The minimum atomic E-state index is -0.611. The molecule has 0 aromatic heterocycles. The molecule has 0 saturated heterocycles. The maximum absolute atomic E-state index is 2.36. The number of benzene rings is 1. The Kier molecular flexibility index (Phi) is 5.60. The molecule has 2 heteroatoms. The van der Waals surface area contributed by atoms with Crippen molar-refractivity contribution < 1.29 is 24.7 Å². The van der Waals surface area contributed by atoms with E-state index in [0.29, 0.717) is 0 Å². The fourth-order valence-electron chi connectivity index (χ4n) is 1.69. The van der Waals surface area contributed by atoms with Crippen molar-refractivity contribution in [2.24, 2.45) is 0 Å². The number of hydrogen-bond donors (Lipinski definition) is 0. The minimum absolute atomic E-state index is 0.611. The van der Waals surface area contributed by atoms with Gasteiger partial charge in [0, 0.05) is 8.07 Å². The predicted octanol–water partition coefficient (Wildman–Crippen LogP) is 5.04. The van der Waals surface area contributed by atoms with Crippen LogP contribution in [0.25, 0.3) is 6.08 Å². The van der Waals surface area contributed by atoms with E-state index >= 15 is 0 Å². The molecule has 0 N–H and O–H groups in total. The molecular formula is C15H23SiZr. The molecule has 0 saturated carbocycles. The molecule has 1 aromatic rings. The van der Waals surface area contributed by atoms with Gasteiger partial charge in [-0.05, 0) is 0 Å². The van der Waals surface area contributed by atoms with Crippen molar-refractivity contribution in [3.8, 4) is 0 Å². The first-order valence-corrected chi connectivity index (χ1v) is 11.8. The average molecular weight is 323 g/mol. The van der Waals surface area contributed by atoms with Crippen molar-refractivity contribution >= 4 is 14.1 Å². The van der Waals surface area contributed by atoms with Crippen LogP contribution in [0.4, 0.5) is 0 Å². The molecule has 1 atom stereocenters. The van der Waals surface area contributed by atoms with E-state index in [0.717, 1.165) is 3.63 Å². The summed E-state index contributed by atoms with van der Waals surface area (Å²) in [6.45, 7) is 11.6. The van der Waals surface area contributed by atoms with Gasteiger partial charge in [-0.3, -0.25) is 0 Å². The zero-order valence-corrected chi connectivity index (χ0v) is 15.1. The molecule has 1 aliphatic carbocycles. The van der Waals surface area contributed by atoms with Crippen LogP contribution in [0.2, 0.25) is 26.2 Å². The summed E-state index contributed by atoms with van der Waals surface area (Å²) in [6, 6.07) is 8.74. The number of fused-ring (bicyclic) bond motifs is 1. The van der Waals surface area contributed by atoms with Crippen LogP contribution < -0.4 is 0 Å². The van der Waals surface area contributed by atoms with Gasteiger partial charge < -0.3 is 0 Å². The SMILES string of the molecule is CCC1=Cc2ccccc2[CH]1[Zr].C[Si](C)(C)C. The zero-order chi connectivity index (χ0) is 13.1. The van der Waals surface area contributed by atoms with Crippen molar-refractivity contribution in [3.63, 3.8) is 0 Å². The van der Waals surface area contributed by atoms with Gasteiger partial charge in [0.1, 0.15) is 0 Å². The third-order valence-electron chi connectivity index (χ3n) is 2.43. The summed E-state index contributed by atoms with van der Waals surface area (Å²) < 4.78 is 0.735. The fraction of sp³-hybridized carbons (Fsp3) is 0.467. The monoisotopic (exact) mass is 321 g/mol. The molecule has 0 bridgehead atoms. The van der Waals surface area contributed by atoms with E-state index in [4.69, 9.17) is 0 Å². The molecule has 17 heavy (non-hydrogen) atoms. The number of hydrogen-bond acceptors (Lipinski definition) is 0. The van der Waals surface area contributed by atoms with Gasteiger partial charge >= 0.3 is 88.7 Å². The van der Waals surface area contributed by atoms with E-state index < -0.39 is 8.07 Å².